The fourth-order valence-electron chi connectivity index (χ4n) is 0.852. The average Bonchev–Trinajstić information content (AvgIpc) is 2.50. The van der Waals surface area contributed by atoms with Gasteiger partial charge in [0, 0.05) is 5.65 Å². The maximum atomic E-state index is 4.93. The Morgan fingerprint density at radius 3 is 3.09 bits per heavy atom. The van der Waals surface area contributed by atoms with Gasteiger partial charge in [0.05, 0.1) is 19.0 Å². The molecular weight excluding hydrogens is 144 g/mol. The number of hydrogen-bond donors (Lipinski definition) is 0. The smallest absolute Gasteiger partial charge is 0.224 e. The molecule has 0 radical (unpaired) electrons. The summed E-state index contributed by atoms with van der Waals surface area (Å²) in [7, 11) is 1.54. The predicted octanol–water partition coefficient (Wildman–Crippen LogP) is -0.00940. The Bertz CT molecular complexity index is 369. The van der Waals surface area contributed by atoms with Crippen molar-refractivity contribution in [3.05, 3.63) is 12.7 Å². The van der Waals surface area contributed by atoms with Crippen LogP contribution in [0.15, 0.2) is 12.7 Å². The highest BCUT2D eigenvalue weighted by atomic mass is 16.5. The van der Waals surface area contributed by atoms with Crippen LogP contribution in [-0.2, 0) is 0 Å². The Morgan fingerprint density at radius 2 is 2.27 bits per heavy atom. The number of methoxy groups -OCH3 is 1. The second-order valence-electron chi connectivity index (χ2n) is 1.93. The zero-order valence-corrected chi connectivity index (χ0v) is 5.85. The zero-order valence-electron chi connectivity index (χ0n) is 5.85. The summed E-state index contributed by atoms with van der Waals surface area (Å²) in [5, 5.41) is 0. The number of ether oxygens (including phenoxy) is 1. The molecule has 2 heterocycles. The number of hydrogen-bond acceptors (Lipinski definition) is 4. The summed E-state index contributed by atoms with van der Waals surface area (Å²) >= 11 is 0. The van der Waals surface area contributed by atoms with Crippen molar-refractivity contribution >= 4 is 11.2 Å². The molecule has 11 heavy (non-hydrogen) atoms. The fraction of sp³-hybridized carbons (Fsp3) is 0.167. The van der Waals surface area contributed by atoms with Crippen LogP contribution >= 0.6 is 0 Å². The summed E-state index contributed by atoms with van der Waals surface area (Å²) in [6.45, 7) is 0. The molecule has 0 saturated carbocycles. The van der Waals surface area contributed by atoms with Crippen LogP contribution < -0.4 is 9.72 Å². The molecule has 0 aromatic carbocycles. The summed E-state index contributed by atoms with van der Waals surface area (Å²) in [5.74, 6) is 0.465. The molecule has 2 rings (SSSR count). The van der Waals surface area contributed by atoms with Gasteiger partial charge in [-0.25, -0.2) is 4.98 Å². The van der Waals surface area contributed by atoms with Gasteiger partial charge >= 0.3 is 0 Å². The lowest BCUT2D eigenvalue weighted by Crippen LogP contribution is -1.89. The van der Waals surface area contributed by atoms with E-state index in [0.717, 1.165) is 0 Å². The van der Waals surface area contributed by atoms with E-state index in [2.05, 4.69) is 19.9 Å². The fourth-order valence-corrected chi connectivity index (χ4v) is 0.852. The third-order valence-electron chi connectivity index (χ3n) is 1.33. The highest BCUT2D eigenvalue weighted by molar-refractivity contribution is 5.74. The van der Waals surface area contributed by atoms with E-state index in [1.165, 1.54) is 19.8 Å². The maximum absolute atomic E-state index is 4.93. The van der Waals surface area contributed by atoms with Crippen molar-refractivity contribution in [2.75, 3.05) is 7.11 Å². The van der Waals surface area contributed by atoms with E-state index in [9.17, 15) is 0 Å². The summed E-state index contributed by atoms with van der Waals surface area (Å²) in [6.07, 6.45) is 2.83. The van der Waals surface area contributed by atoms with E-state index in [1.54, 1.807) is 0 Å². The third-order valence-corrected chi connectivity index (χ3v) is 1.33. The summed E-state index contributed by atoms with van der Waals surface area (Å²) in [5.41, 5.74) is 1.17. The lowest BCUT2D eigenvalue weighted by atomic mass is 10.5. The van der Waals surface area contributed by atoms with Crippen molar-refractivity contribution < 1.29 is 4.74 Å². The van der Waals surface area contributed by atoms with Gasteiger partial charge in [-0.15, -0.1) is 0 Å². The molecule has 0 N–H and O–H groups in total. The van der Waals surface area contributed by atoms with Crippen LogP contribution in [0.2, 0.25) is 0 Å². The lowest BCUT2D eigenvalue weighted by Gasteiger charge is -2.00. The third kappa shape index (κ3) is 0.813. The monoisotopic (exact) mass is 149 g/mol. The molecule has 0 bridgehead atoms. The van der Waals surface area contributed by atoms with Gasteiger partial charge in [0.25, 0.3) is 0 Å². The van der Waals surface area contributed by atoms with Crippen LogP contribution in [0.1, 0.15) is 0 Å². The van der Waals surface area contributed by atoms with Crippen LogP contribution in [0.3, 0.4) is 0 Å². The topological polar surface area (TPSA) is 62.0 Å². The lowest BCUT2D eigenvalue weighted by molar-refractivity contribution is 0.401. The molecule has 0 aliphatic carbocycles. The average molecular weight is 149 g/mol. The van der Waals surface area contributed by atoms with Crippen LogP contribution in [-0.4, -0.2) is 22.1 Å². The molecule has 0 atom stereocenters. The Labute approximate surface area is 62.5 Å². The summed E-state index contributed by atoms with van der Waals surface area (Å²) < 4.78 is 4.93. The van der Waals surface area contributed by atoms with Crippen molar-refractivity contribution in [1.82, 2.24) is 19.9 Å². The Kier molecular flexibility index (Phi) is 1.21. The first-order valence-electron chi connectivity index (χ1n) is 3.04. The number of fused-ring (bicyclic) bond motifs is 1. The second-order valence-corrected chi connectivity index (χ2v) is 1.93. The molecule has 2 aromatic rings. The maximum Gasteiger partial charge on any atom is 0.224 e. The minimum Gasteiger partial charge on any atom is -0.480 e. The standard InChI is InChI=1S/C6H5N4O/c1-11-6-4-5(8-2-7-4)9-3-10-6/h2-3H,1H3/q-1. The minimum atomic E-state index is 0.465. The Hall–Kier alpha value is -1.65. The Morgan fingerprint density at radius 1 is 1.36 bits per heavy atom. The van der Waals surface area contributed by atoms with E-state index in [0.29, 0.717) is 17.0 Å². The van der Waals surface area contributed by atoms with Crippen molar-refractivity contribution in [3.8, 4) is 5.88 Å². The molecule has 0 aliphatic heterocycles. The van der Waals surface area contributed by atoms with Crippen LogP contribution in [0.25, 0.3) is 11.2 Å². The van der Waals surface area contributed by atoms with E-state index in [1.807, 2.05) is 0 Å². The zero-order chi connectivity index (χ0) is 7.68. The van der Waals surface area contributed by atoms with E-state index in [4.69, 9.17) is 4.74 Å². The van der Waals surface area contributed by atoms with Gasteiger partial charge < -0.3 is 19.7 Å². The molecule has 0 amide bonds. The van der Waals surface area contributed by atoms with Gasteiger partial charge in [-0.05, 0) is 6.33 Å². The van der Waals surface area contributed by atoms with Gasteiger partial charge in [0.15, 0.2) is 0 Å². The number of nitrogens with zero attached hydrogens (tertiary/aromatic N) is 4. The molecule has 56 valence electrons. The van der Waals surface area contributed by atoms with Crippen molar-refractivity contribution in [3.63, 3.8) is 0 Å². The molecule has 0 unspecified atom stereocenters. The molecule has 5 nitrogen and oxygen atoms in total. The van der Waals surface area contributed by atoms with Crippen molar-refractivity contribution in [1.29, 1.82) is 0 Å². The number of aromatic nitrogens is 4. The first-order chi connectivity index (χ1) is 5.42. The normalized spacial score (nSPS) is 10.3. The molecule has 0 aliphatic rings. The van der Waals surface area contributed by atoms with Crippen LogP contribution in [0, 0.1) is 0 Å². The van der Waals surface area contributed by atoms with E-state index >= 15 is 0 Å². The molecule has 5 heteroatoms. The van der Waals surface area contributed by atoms with Gasteiger partial charge in [-0.1, -0.05) is 0 Å². The molecule has 0 fully saturated rings. The largest absolute Gasteiger partial charge is 0.480 e. The first-order valence-corrected chi connectivity index (χ1v) is 3.04. The van der Waals surface area contributed by atoms with E-state index in [-0.39, 0.29) is 0 Å². The predicted molar refractivity (Wildman–Crippen MR) is 37.2 cm³/mol. The Balaban J connectivity index is 2.79. The first kappa shape index (κ1) is 6.09. The number of rotatable bonds is 1. The molecule has 2 aromatic heterocycles. The quantitative estimate of drug-likeness (QED) is 0.570. The summed E-state index contributed by atoms with van der Waals surface area (Å²) in [6, 6.07) is 0. The van der Waals surface area contributed by atoms with Gasteiger partial charge in [-0.2, -0.15) is 0 Å². The second kappa shape index (κ2) is 2.19. The number of imidazole rings is 1. The van der Waals surface area contributed by atoms with Gasteiger partial charge in [-0.3, -0.25) is 0 Å². The van der Waals surface area contributed by atoms with Crippen LogP contribution in [0.4, 0.5) is 0 Å². The molecular formula is C6H5N4O-. The van der Waals surface area contributed by atoms with Gasteiger partial charge in [0.1, 0.15) is 0 Å². The van der Waals surface area contributed by atoms with E-state index < -0.39 is 0 Å². The molecule has 0 spiro atoms. The van der Waals surface area contributed by atoms with Crippen molar-refractivity contribution in [2.24, 2.45) is 0 Å². The van der Waals surface area contributed by atoms with Gasteiger partial charge in [0.2, 0.25) is 5.88 Å². The summed E-state index contributed by atoms with van der Waals surface area (Å²) in [4.78, 5) is 15.6. The highest BCUT2D eigenvalue weighted by Crippen LogP contribution is 2.14. The highest BCUT2D eigenvalue weighted by Gasteiger charge is 1.96. The molecule has 0 saturated heterocycles. The van der Waals surface area contributed by atoms with Crippen molar-refractivity contribution in [2.45, 2.75) is 0 Å². The van der Waals surface area contributed by atoms with Crippen LogP contribution in [0.5, 0.6) is 5.88 Å². The SMILES string of the molecule is COc1ncnc2[n-]cnc12. The minimum absolute atomic E-state index is 0.465.